The van der Waals surface area contributed by atoms with Gasteiger partial charge in [-0.1, -0.05) is 13.0 Å². The molecule has 0 radical (unpaired) electrons. The third-order valence-corrected chi connectivity index (χ3v) is 3.56. The molecule has 0 saturated carbocycles. The fraction of sp³-hybridized carbons (Fsp3) is 0.611. The molecule has 23 heavy (non-hydrogen) atoms. The highest BCUT2D eigenvalue weighted by atomic mass is 16.5. The minimum Gasteiger partial charge on any atom is -0.497 e. The molecule has 5 nitrogen and oxygen atoms in total. The fourth-order valence-electron chi connectivity index (χ4n) is 2.30. The first-order valence-corrected chi connectivity index (χ1v) is 8.08. The quantitative estimate of drug-likeness (QED) is 0.672. The standard InChI is InChI=1S/C18H29NO4/c1-13(2)23-10-6-9-19-18(20)11-14(3)16-8-7-15(21-4)12-17(16)22-5/h7-8,12-14H,6,9-11H2,1-5H3,(H,19,20). The van der Waals surface area contributed by atoms with Gasteiger partial charge in [-0.2, -0.15) is 0 Å². The van der Waals surface area contributed by atoms with E-state index >= 15 is 0 Å². The Morgan fingerprint density at radius 3 is 2.52 bits per heavy atom. The summed E-state index contributed by atoms with van der Waals surface area (Å²) in [5, 5.41) is 2.93. The monoisotopic (exact) mass is 323 g/mol. The van der Waals surface area contributed by atoms with Crippen molar-refractivity contribution < 1.29 is 19.0 Å². The van der Waals surface area contributed by atoms with Crippen LogP contribution < -0.4 is 14.8 Å². The van der Waals surface area contributed by atoms with E-state index in [0.29, 0.717) is 19.6 Å². The fourth-order valence-corrected chi connectivity index (χ4v) is 2.30. The third kappa shape index (κ3) is 6.91. The minimum atomic E-state index is 0.0416. The van der Waals surface area contributed by atoms with Gasteiger partial charge < -0.3 is 19.5 Å². The summed E-state index contributed by atoms with van der Waals surface area (Å²) >= 11 is 0. The van der Waals surface area contributed by atoms with Gasteiger partial charge in [-0.25, -0.2) is 0 Å². The first kappa shape index (κ1) is 19.3. The number of carbonyl (C=O) groups is 1. The average molecular weight is 323 g/mol. The van der Waals surface area contributed by atoms with Crippen LogP contribution in [-0.2, 0) is 9.53 Å². The van der Waals surface area contributed by atoms with Gasteiger partial charge in [0.2, 0.25) is 5.91 Å². The highest BCUT2D eigenvalue weighted by Crippen LogP contribution is 2.32. The summed E-state index contributed by atoms with van der Waals surface area (Å²) in [5.41, 5.74) is 1.01. The second kappa shape index (κ2) is 10.1. The van der Waals surface area contributed by atoms with Crippen molar-refractivity contribution in [2.75, 3.05) is 27.4 Å². The molecule has 1 unspecified atom stereocenters. The van der Waals surface area contributed by atoms with E-state index in [9.17, 15) is 4.79 Å². The second-order valence-corrected chi connectivity index (χ2v) is 5.84. The molecular formula is C18H29NO4. The topological polar surface area (TPSA) is 56.8 Å². The normalized spacial score (nSPS) is 12.1. The highest BCUT2D eigenvalue weighted by molar-refractivity contribution is 5.77. The van der Waals surface area contributed by atoms with Crippen LogP contribution in [0.5, 0.6) is 11.5 Å². The molecule has 1 aromatic carbocycles. The van der Waals surface area contributed by atoms with E-state index in [4.69, 9.17) is 14.2 Å². The predicted molar refractivity (Wildman–Crippen MR) is 91.3 cm³/mol. The molecule has 0 aliphatic heterocycles. The van der Waals surface area contributed by atoms with E-state index in [2.05, 4.69) is 5.32 Å². The molecule has 0 bridgehead atoms. The third-order valence-electron chi connectivity index (χ3n) is 3.56. The summed E-state index contributed by atoms with van der Waals surface area (Å²) in [7, 11) is 3.24. The summed E-state index contributed by atoms with van der Waals surface area (Å²) in [6.07, 6.45) is 1.48. The van der Waals surface area contributed by atoms with Crippen LogP contribution in [0.15, 0.2) is 18.2 Å². The molecule has 0 fully saturated rings. The Labute approximate surface area is 139 Å². The maximum Gasteiger partial charge on any atom is 0.220 e. The summed E-state index contributed by atoms with van der Waals surface area (Å²) in [6.45, 7) is 7.33. The molecule has 1 amide bonds. The number of rotatable bonds is 10. The Balaban J connectivity index is 2.46. The summed E-state index contributed by atoms with van der Waals surface area (Å²) in [6, 6.07) is 5.68. The van der Waals surface area contributed by atoms with E-state index in [0.717, 1.165) is 23.5 Å². The SMILES string of the molecule is COc1ccc(C(C)CC(=O)NCCCOC(C)C)c(OC)c1. The molecule has 1 atom stereocenters. The van der Waals surface area contributed by atoms with Crippen molar-refractivity contribution in [1.29, 1.82) is 0 Å². The van der Waals surface area contributed by atoms with Crippen molar-refractivity contribution in [3.05, 3.63) is 23.8 Å². The van der Waals surface area contributed by atoms with Crippen molar-refractivity contribution >= 4 is 5.91 Å². The molecule has 5 heteroatoms. The second-order valence-electron chi connectivity index (χ2n) is 5.84. The smallest absolute Gasteiger partial charge is 0.220 e. The van der Waals surface area contributed by atoms with Crippen molar-refractivity contribution in [3.63, 3.8) is 0 Å². The van der Waals surface area contributed by atoms with Crippen LogP contribution in [0.25, 0.3) is 0 Å². The van der Waals surface area contributed by atoms with Crippen LogP contribution in [0.1, 0.15) is 45.1 Å². The van der Waals surface area contributed by atoms with Gasteiger partial charge in [-0.05, 0) is 37.8 Å². The lowest BCUT2D eigenvalue weighted by atomic mass is 9.96. The van der Waals surface area contributed by atoms with Gasteiger partial charge >= 0.3 is 0 Å². The predicted octanol–water partition coefficient (Wildman–Crippen LogP) is 3.13. The Hall–Kier alpha value is -1.75. The number of ether oxygens (including phenoxy) is 3. The first-order valence-electron chi connectivity index (χ1n) is 8.08. The van der Waals surface area contributed by atoms with E-state index in [1.807, 2.05) is 39.0 Å². The van der Waals surface area contributed by atoms with Gasteiger partial charge in [-0.3, -0.25) is 4.79 Å². The van der Waals surface area contributed by atoms with E-state index < -0.39 is 0 Å². The molecule has 130 valence electrons. The number of hydrogen-bond donors (Lipinski definition) is 1. The van der Waals surface area contributed by atoms with Crippen LogP contribution >= 0.6 is 0 Å². The van der Waals surface area contributed by atoms with Gasteiger partial charge in [-0.15, -0.1) is 0 Å². The van der Waals surface area contributed by atoms with E-state index in [-0.39, 0.29) is 17.9 Å². The van der Waals surface area contributed by atoms with Crippen molar-refractivity contribution in [2.45, 2.75) is 45.6 Å². The lowest BCUT2D eigenvalue weighted by Crippen LogP contribution is -2.26. The van der Waals surface area contributed by atoms with Crippen LogP contribution in [0.2, 0.25) is 0 Å². The summed E-state index contributed by atoms with van der Waals surface area (Å²) in [5.74, 6) is 1.60. The van der Waals surface area contributed by atoms with Crippen molar-refractivity contribution in [1.82, 2.24) is 5.32 Å². The first-order chi connectivity index (χ1) is 11.0. The molecule has 0 spiro atoms. The summed E-state index contributed by atoms with van der Waals surface area (Å²) in [4.78, 5) is 12.0. The highest BCUT2D eigenvalue weighted by Gasteiger charge is 2.16. The lowest BCUT2D eigenvalue weighted by Gasteiger charge is -2.16. The van der Waals surface area contributed by atoms with Crippen molar-refractivity contribution in [2.24, 2.45) is 0 Å². The largest absolute Gasteiger partial charge is 0.497 e. The number of nitrogens with one attached hydrogen (secondary N) is 1. The van der Waals surface area contributed by atoms with Crippen LogP contribution in [0, 0.1) is 0 Å². The number of carbonyl (C=O) groups excluding carboxylic acids is 1. The number of benzene rings is 1. The van der Waals surface area contributed by atoms with Gasteiger partial charge in [0.25, 0.3) is 0 Å². The molecule has 0 aromatic heterocycles. The maximum atomic E-state index is 12.0. The Morgan fingerprint density at radius 2 is 1.91 bits per heavy atom. The molecule has 0 saturated heterocycles. The Bertz CT molecular complexity index is 488. The lowest BCUT2D eigenvalue weighted by molar-refractivity contribution is -0.121. The van der Waals surface area contributed by atoms with Gasteiger partial charge in [0, 0.05) is 25.6 Å². The zero-order chi connectivity index (χ0) is 17.2. The molecule has 0 heterocycles. The molecule has 0 aliphatic rings. The number of methoxy groups -OCH3 is 2. The minimum absolute atomic E-state index is 0.0416. The molecule has 0 aliphatic carbocycles. The van der Waals surface area contributed by atoms with Crippen LogP contribution in [0.4, 0.5) is 0 Å². The van der Waals surface area contributed by atoms with E-state index in [1.54, 1.807) is 14.2 Å². The zero-order valence-electron chi connectivity index (χ0n) is 14.8. The molecule has 1 rings (SSSR count). The zero-order valence-corrected chi connectivity index (χ0v) is 14.8. The molecule has 1 N–H and O–H groups in total. The number of amides is 1. The number of hydrogen-bond acceptors (Lipinski definition) is 4. The van der Waals surface area contributed by atoms with Crippen LogP contribution in [-0.4, -0.2) is 39.4 Å². The van der Waals surface area contributed by atoms with Gasteiger partial charge in [0.15, 0.2) is 0 Å². The van der Waals surface area contributed by atoms with Gasteiger partial charge in [0.1, 0.15) is 11.5 Å². The summed E-state index contributed by atoms with van der Waals surface area (Å²) < 4.78 is 16.0. The van der Waals surface area contributed by atoms with Gasteiger partial charge in [0.05, 0.1) is 20.3 Å². The Morgan fingerprint density at radius 1 is 1.17 bits per heavy atom. The average Bonchev–Trinajstić information content (AvgIpc) is 2.53. The van der Waals surface area contributed by atoms with Crippen LogP contribution in [0.3, 0.4) is 0 Å². The molecule has 1 aromatic rings. The van der Waals surface area contributed by atoms with Crippen molar-refractivity contribution in [3.8, 4) is 11.5 Å². The molecular weight excluding hydrogens is 294 g/mol. The Kier molecular flexibility index (Phi) is 8.48. The van der Waals surface area contributed by atoms with E-state index in [1.165, 1.54) is 0 Å². The maximum absolute atomic E-state index is 12.0.